The van der Waals surface area contributed by atoms with Crippen LogP contribution in [0.15, 0.2) is 48.7 Å². The fraction of sp³-hybridized carbons (Fsp3) is 0.333. The lowest BCUT2D eigenvalue weighted by Crippen LogP contribution is -2.39. The zero-order valence-electron chi connectivity index (χ0n) is 18.8. The van der Waals surface area contributed by atoms with E-state index in [0.717, 1.165) is 16.3 Å². The monoisotopic (exact) mass is 475 g/mol. The summed E-state index contributed by atoms with van der Waals surface area (Å²) in [7, 11) is 3.17. The lowest BCUT2D eigenvalue weighted by atomic mass is 10.0. The summed E-state index contributed by atoms with van der Waals surface area (Å²) in [6.07, 6.45) is 1.71. The molecule has 0 saturated carbocycles. The fourth-order valence-electron chi connectivity index (χ4n) is 3.50. The third-order valence-corrected chi connectivity index (χ3v) is 5.53. The van der Waals surface area contributed by atoms with Crippen molar-refractivity contribution in [3.05, 3.63) is 65.1 Å². The summed E-state index contributed by atoms with van der Waals surface area (Å²) in [5.41, 5.74) is 1.25. The molecule has 0 aliphatic carbocycles. The van der Waals surface area contributed by atoms with Gasteiger partial charge >= 0.3 is 6.03 Å². The van der Waals surface area contributed by atoms with Crippen LogP contribution in [0.2, 0.25) is 5.02 Å². The first kappa shape index (κ1) is 24.7. The van der Waals surface area contributed by atoms with Gasteiger partial charge in [0.15, 0.2) is 0 Å². The number of nitrogens with zero attached hydrogens (tertiary/aromatic N) is 2. The zero-order chi connectivity index (χ0) is 23.8. The molecule has 0 radical (unpaired) electrons. The zero-order valence-corrected chi connectivity index (χ0v) is 19.6. The molecule has 2 amide bonds. The number of anilines is 1. The number of benzene rings is 2. The summed E-state index contributed by atoms with van der Waals surface area (Å²) in [5.74, 6) is -0.0383. The Morgan fingerprint density at radius 1 is 1.15 bits per heavy atom. The number of hydrogen-bond donors (Lipinski definition) is 1. The number of nitrogens with one attached hydrogen (secondary N) is 1. The average molecular weight is 476 g/mol. The highest BCUT2D eigenvalue weighted by molar-refractivity contribution is 6.31. The number of ether oxygens (including phenoxy) is 3. The molecular weight excluding hydrogens is 449 g/mol. The number of aromatic nitrogens is 1. The third-order valence-electron chi connectivity index (χ3n) is 5.24. The number of rotatable bonds is 10. The van der Waals surface area contributed by atoms with Gasteiger partial charge in [0.2, 0.25) is 5.88 Å². The Balaban J connectivity index is 1.88. The van der Waals surface area contributed by atoms with Crippen molar-refractivity contribution in [2.45, 2.75) is 13.0 Å². The Hall–Kier alpha value is -2.94. The van der Waals surface area contributed by atoms with E-state index in [1.807, 2.05) is 31.2 Å². The van der Waals surface area contributed by atoms with Crippen LogP contribution in [0.5, 0.6) is 5.88 Å². The first-order chi connectivity index (χ1) is 16.0. The normalized spacial score (nSPS) is 11.9. The van der Waals surface area contributed by atoms with Crippen LogP contribution in [0.4, 0.5) is 14.9 Å². The summed E-state index contributed by atoms with van der Waals surface area (Å²) >= 11 is 5.87. The molecule has 0 saturated heterocycles. The Morgan fingerprint density at radius 3 is 2.61 bits per heavy atom. The molecule has 2 aromatic carbocycles. The maximum atomic E-state index is 13.5. The summed E-state index contributed by atoms with van der Waals surface area (Å²) in [6.45, 7) is 3.42. The molecule has 0 unspecified atom stereocenters. The van der Waals surface area contributed by atoms with E-state index in [0.29, 0.717) is 37.9 Å². The minimum atomic E-state index is -0.554. The number of pyridine rings is 1. The van der Waals surface area contributed by atoms with Crippen molar-refractivity contribution in [1.82, 2.24) is 9.88 Å². The molecule has 33 heavy (non-hydrogen) atoms. The highest BCUT2D eigenvalue weighted by atomic mass is 35.5. The Bertz CT molecular complexity index is 1100. The van der Waals surface area contributed by atoms with Crippen LogP contribution in [0, 0.1) is 5.82 Å². The van der Waals surface area contributed by atoms with E-state index in [9.17, 15) is 9.18 Å². The molecule has 1 heterocycles. The summed E-state index contributed by atoms with van der Waals surface area (Å²) < 4.78 is 29.5. The number of carbonyl (C=O) groups excluding carboxylic acids is 1. The second-order valence-corrected chi connectivity index (χ2v) is 7.71. The van der Waals surface area contributed by atoms with Gasteiger partial charge < -0.3 is 24.4 Å². The molecule has 3 aromatic rings. The quantitative estimate of drug-likeness (QED) is 0.403. The molecule has 0 fully saturated rings. The predicted molar refractivity (Wildman–Crippen MR) is 127 cm³/mol. The van der Waals surface area contributed by atoms with Gasteiger partial charge in [0.25, 0.3) is 0 Å². The maximum Gasteiger partial charge on any atom is 0.322 e. The van der Waals surface area contributed by atoms with Gasteiger partial charge in [0.1, 0.15) is 5.82 Å². The standard InChI is InChI=1S/C24H27ClFN3O4/c1-16(20-15-27-23(32-3)19-7-5-4-6-18(19)20)29(10-11-33-13-12-31-2)24(30)28-17-8-9-22(26)21(25)14-17/h4-9,14-16H,10-13H2,1-3H3,(H,28,30)/t16-/m1/s1. The van der Waals surface area contributed by atoms with Gasteiger partial charge in [-0.3, -0.25) is 0 Å². The van der Waals surface area contributed by atoms with E-state index < -0.39 is 5.82 Å². The molecule has 1 aromatic heterocycles. The van der Waals surface area contributed by atoms with E-state index >= 15 is 0 Å². The van der Waals surface area contributed by atoms with Crippen LogP contribution in [0.25, 0.3) is 10.8 Å². The summed E-state index contributed by atoms with van der Waals surface area (Å²) in [6, 6.07) is 11.0. The summed E-state index contributed by atoms with van der Waals surface area (Å²) in [4.78, 5) is 19.3. The fourth-order valence-corrected chi connectivity index (χ4v) is 3.68. The number of hydrogen-bond acceptors (Lipinski definition) is 5. The number of halogens is 2. The highest BCUT2D eigenvalue weighted by Crippen LogP contribution is 2.32. The van der Waals surface area contributed by atoms with Crippen LogP contribution in [-0.4, -0.2) is 56.5 Å². The molecule has 3 rings (SSSR count). The number of urea groups is 1. The van der Waals surface area contributed by atoms with Crippen LogP contribution in [-0.2, 0) is 9.47 Å². The predicted octanol–water partition coefficient (Wildman–Crippen LogP) is 5.29. The largest absolute Gasteiger partial charge is 0.481 e. The minimum absolute atomic E-state index is 0.0688. The van der Waals surface area contributed by atoms with Gasteiger partial charge in [-0.2, -0.15) is 0 Å². The third kappa shape index (κ3) is 6.10. The Morgan fingerprint density at radius 2 is 1.91 bits per heavy atom. The van der Waals surface area contributed by atoms with Gasteiger partial charge in [-0.25, -0.2) is 14.2 Å². The minimum Gasteiger partial charge on any atom is -0.481 e. The van der Waals surface area contributed by atoms with E-state index in [1.165, 1.54) is 18.2 Å². The molecule has 7 nitrogen and oxygen atoms in total. The first-order valence-corrected chi connectivity index (χ1v) is 10.8. The molecular formula is C24H27ClFN3O4. The van der Waals surface area contributed by atoms with Crippen molar-refractivity contribution in [2.24, 2.45) is 0 Å². The second kappa shape index (κ2) is 11.8. The van der Waals surface area contributed by atoms with Crippen LogP contribution in [0.3, 0.4) is 0 Å². The lowest BCUT2D eigenvalue weighted by molar-refractivity contribution is 0.0581. The topological polar surface area (TPSA) is 72.9 Å². The van der Waals surface area contributed by atoms with Crippen molar-refractivity contribution >= 4 is 34.1 Å². The Labute approximate surface area is 197 Å². The number of amides is 2. The Kier molecular flexibility index (Phi) is 8.82. The van der Waals surface area contributed by atoms with Gasteiger partial charge in [0, 0.05) is 36.5 Å². The van der Waals surface area contributed by atoms with E-state index in [-0.39, 0.29) is 17.1 Å². The van der Waals surface area contributed by atoms with Gasteiger partial charge in [-0.05, 0) is 36.6 Å². The highest BCUT2D eigenvalue weighted by Gasteiger charge is 2.24. The van der Waals surface area contributed by atoms with Crippen LogP contribution >= 0.6 is 11.6 Å². The summed E-state index contributed by atoms with van der Waals surface area (Å²) in [5, 5.41) is 4.51. The molecule has 0 spiro atoms. The number of fused-ring (bicyclic) bond motifs is 1. The van der Waals surface area contributed by atoms with E-state index in [1.54, 1.807) is 25.3 Å². The van der Waals surface area contributed by atoms with Crippen molar-refractivity contribution in [1.29, 1.82) is 0 Å². The average Bonchev–Trinajstić information content (AvgIpc) is 2.82. The molecule has 0 aliphatic rings. The molecule has 0 bridgehead atoms. The van der Waals surface area contributed by atoms with Crippen molar-refractivity contribution in [3.8, 4) is 5.88 Å². The smallest absolute Gasteiger partial charge is 0.322 e. The van der Waals surface area contributed by atoms with E-state index in [4.69, 9.17) is 25.8 Å². The van der Waals surface area contributed by atoms with Crippen molar-refractivity contribution < 1.29 is 23.4 Å². The number of carbonyl (C=O) groups is 1. The van der Waals surface area contributed by atoms with Crippen LogP contribution in [0.1, 0.15) is 18.5 Å². The lowest BCUT2D eigenvalue weighted by Gasteiger charge is -2.30. The van der Waals surface area contributed by atoms with Gasteiger partial charge in [-0.15, -0.1) is 0 Å². The van der Waals surface area contributed by atoms with Gasteiger partial charge in [-0.1, -0.05) is 29.8 Å². The molecule has 1 N–H and O–H groups in total. The van der Waals surface area contributed by atoms with Crippen LogP contribution < -0.4 is 10.1 Å². The molecule has 9 heteroatoms. The SMILES string of the molecule is COCCOCCN(C(=O)Nc1ccc(F)c(Cl)c1)[C@H](C)c1cnc(OC)c2ccccc12. The van der Waals surface area contributed by atoms with Crippen molar-refractivity contribution in [3.63, 3.8) is 0 Å². The van der Waals surface area contributed by atoms with Crippen molar-refractivity contribution in [2.75, 3.05) is 45.9 Å². The maximum absolute atomic E-state index is 13.5. The van der Waals surface area contributed by atoms with Gasteiger partial charge in [0.05, 0.1) is 38.0 Å². The molecule has 0 aliphatic heterocycles. The number of methoxy groups -OCH3 is 2. The second-order valence-electron chi connectivity index (χ2n) is 7.30. The van der Waals surface area contributed by atoms with E-state index in [2.05, 4.69) is 10.3 Å². The first-order valence-electron chi connectivity index (χ1n) is 10.5. The molecule has 176 valence electrons. The molecule has 1 atom stereocenters.